The molecule has 0 aliphatic carbocycles. The fraction of sp³-hybridized carbons (Fsp3) is 0.579. The molecule has 0 aromatic heterocycles. The number of amides is 1. The highest BCUT2D eigenvalue weighted by Crippen LogP contribution is 2.11. The van der Waals surface area contributed by atoms with Crippen LogP contribution in [-0.2, 0) is 11.2 Å². The number of carbonyl (C=O) groups excluding carboxylic acids is 1. The summed E-state index contributed by atoms with van der Waals surface area (Å²) in [5.41, 5.74) is 1.21. The van der Waals surface area contributed by atoms with Crippen LogP contribution >= 0.6 is 0 Å². The lowest BCUT2D eigenvalue weighted by Crippen LogP contribution is -2.45. The van der Waals surface area contributed by atoms with E-state index in [1.54, 1.807) is 7.11 Å². The highest BCUT2D eigenvalue weighted by Gasteiger charge is 2.14. The smallest absolute Gasteiger partial charge is 0.242 e. The molecule has 0 saturated carbocycles. The molecule has 1 aromatic carbocycles. The number of likely N-dealkylation sites (N-methyl/N-ethyl adjacent to an activating group) is 2. The maximum Gasteiger partial charge on any atom is 0.242 e. The quantitative estimate of drug-likeness (QED) is 0.548. The Bertz CT molecular complexity index is 539. The first-order valence-corrected chi connectivity index (χ1v) is 8.95. The van der Waals surface area contributed by atoms with E-state index in [0.29, 0.717) is 13.1 Å². The minimum Gasteiger partial charge on any atom is -0.497 e. The van der Waals surface area contributed by atoms with Gasteiger partial charge in [0.25, 0.3) is 0 Å². The largest absolute Gasteiger partial charge is 0.497 e. The summed E-state index contributed by atoms with van der Waals surface area (Å²) in [6.45, 7) is 9.24. The van der Waals surface area contributed by atoms with Crippen LogP contribution < -0.4 is 10.1 Å². The van der Waals surface area contributed by atoms with Crippen molar-refractivity contribution in [2.75, 3.05) is 46.9 Å². The van der Waals surface area contributed by atoms with Crippen LogP contribution in [0.15, 0.2) is 29.3 Å². The second-order valence-electron chi connectivity index (χ2n) is 5.76. The predicted molar refractivity (Wildman–Crippen MR) is 103 cm³/mol. The Balaban J connectivity index is 2.63. The van der Waals surface area contributed by atoms with Gasteiger partial charge in [-0.3, -0.25) is 9.79 Å². The van der Waals surface area contributed by atoms with Crippen molar-refractivity contribution in [3.8, 4) is 5.75 Å². The molecule has 0 aliphatic rings. The molecule has 1 rings (SSSR count). The van der Waals surface area contributed by atoms with Crippen LogP contribution in [0, 0.1) is 0 Å². The summed E-state index contributed by atoms with van der Waals surface area (Å²) in [5.74, 6) is 1.74. The molecule has 0 aliphatic heterocycles. The van der Waals surface area contributed by atoms with E-state index in [0.717, 1.165) is 37.8 Å². The zero-order chi connectivity index (χ0) is 18.7. The van der Waals surface area contributed by atoms with E-state index in [-0.39, 0.29) is 5.91 Å². The van der Waals surface area contributed by atoms with Crippen molar-refractivity contribution < 1.29 is 9.53 Å². The van der Waals surface area contributed by atoms with Gasteiger partial charge < -0.3 is 19.9 Å². The van der Waals surface area contributed by atoms with Gasteiger partial charge in [-0.25, -0.2) is 0 Å². The van der Waals surface area contributed by atoms with E-state index in [1.807, 2.05) is 49.8 Å². The van der Waals surface area contributed by atoms with Crippen LogP contribution in [0.5, 0.6) is 5.75 Å². The highest BCUT2D eigenvalue weighted by atomic mass is 16.5. The molecule has 0 saturated heterocycles. The molecule has 25 heavy (non-hydrogen) atoms. The average molecular weight is 348 g/mol. The molecule has 6 nitrogen and oxygen atoms in total. The number of methoxy groups -OCH3 is 1. The zero-order valence-corrected chi connectivity index (χ0v) is 16.2. The normalized spacial score (nSPS) is 11.2. The second kappa shape index (κ2) is 11.3. The lowest BCUT2D eigenvalue weighted by atomic mass is 10.1. The van der Waals surface area contributed by atoms with Gasteiger partial charge in [0.2, 0.25) is 5.91 Å². The lowest BCUT2D eigenvalue weighted by Gasteiger charge is -2.25. The molecule has 0 fully saturated rings. The van der Waals surface area contributed by atoms with Crippen molar-refractivity contribution in [1.82, 2.24) is 15.1 Å². The molecule has 1 aromatic rings. The fourth-order valence-corrected chi connectivity index (χ4v) is 2.51. The van der Waals surface area contributed by atoms with Crippen LogP contribution in [0.4, 0.5) is 0 Å². The Morgan fingerprint density at radius 1 is 1.16 bits per heavy atom. The number of guanidine groups is 1. The van der Waals surface area contributed by atoms with Gasteiger partial charge in [-0.2, -0.15) is 0 Å². The number of benzene rings is 1. The average Bonchev–Trinajstić information content (AvgIpc) is 2.62. The van der Waals surface area contributed by atoms with E-state index in [1.165, 1.54) is 5.56 Å². The molecule has 1 amide bonds. The monoisotopic (exact) mass is 348 g/mol. The summed E-state index contributed by atoms with van der Waals surface area (Å²) < 4.78 is 5.17. The van der Waals surface area contributed by atoms with E-state index in [4.69, 9.17) is 4.74 Å². The standard InChI is InChI=1S/C19H32N4O2/c1-6-20-19(22(4)15-18(24)23(7-2)8-3)21-14-13-16-9-11-17(25-5)12-10-16/h9-12H,6-8,13-15H2,1-5H3,(H,20,21). The van der Waals surface area contributed by atoms with Gasteiger partial charge in [0, 0.05) is 33.2 Å². The summed E-state index contributed by atoms with van der Waals surface area (Å²) in [7, 11) is 3.56. The fourth-order valence-electron chi connectivity index (χ4n) is 2.51. The van der Waals surface area contributed by atoms with Crippen molar-refractivity contribution in [2.24, 2.45) is 4.99 Å². The van der Waals surface area contributed by atoms with Crippen molar-refractivity contribution >= 4 is 11.9 Å². The van der Waals surface area contributed by atoms with Crippen LogP contribution in [0.3, 0.4) is 0 Å². The minimum absolute atomic E-state index is 0.119. The SMILES string of the molecule is CCNC(=NCCc1ccc(OC)cc1)N(C)CC(=O)N(CC)CC. The number of hydrogen-bond donors (Lipinski definition) is 1. The Morgan fingerprint density at radius 3 is 2.32 bits per heavy atom. The van der Waals surface area contributed by atoms with Gasteiger partial charge in [-0.05, 0) is 44.9 Å². The molecule has 0 spiro atoms. The summed E-state index contributed by atoms with van der Waals surface area (Å²) in [6, 6.07) is 8.02. The van der Waals surface area contributed by atoms with Crippen molar-refractivity contribution in [2.45, 2.75) is 27.2 Å². The molecular weight excluding hydrogens is 316 g/mol. The van der Waals surface area contributed by atoms with Crippen LogP contribution in [0.1, 0.15) is 26.3 Å². The Morgan fingerprint density at radius 2 is 1.80 bits per heavy atom. The first kappa shape index (κ1) is 20.8. The summed E-state index contributed by atoms with van der Waals surface area (Å²) in [4.78, 5) is 20.6. The number of nitrogens with one attached hydrogen (secondary N) is 1. The topological polar surface area (TPSA) is 57.2 Å². The van der Waals surface area contributed by atoms with Crippen LogP contribution in [0.25, 0.3) is 0 Å². The number of aliphatic imine (C=N–C) groups is 1. The third-order valence-electron chi connectivity index (χ3n) is 4.01. The third kappa shape index (κ3) is 7.03. The summed E-state index contributed by atoms with van der Waals surface area (Å²) in [5, 5.41) is 3.25. The number of carbonyl (C=O) groups is 1. The van der Waals surface area contributed by atoms with Gasteiger partial charge in [0.05, 0.1) is 13.7 Å². The van der Waals surface area contributed by atoms with Crippen molar-refractivity contribution in [3.63, 3.8) is 0 Å². The third-order valence-corrected chi connectivity index (χ3v) is 4.01. The highest BCUT2D eigenvalue weighted by molar-refractivity contribution is 5.86. The predicted octanol–water partition coefficient (Wildman–Crippen LogP) is 2.00. The van der Waals surface area contributed by atoms with Crippen LogP contribution in [0.2, 0.25) is 0 Å². The second-order valence-corrected chi connectivity index (χ2v) is 5.76. The van der Waals surface area contributed by atoms with E-state index in [2.05, 4.69) is 22.4 Å². The van der Waals surface area contributed by atoms with Crippen molar-refractivity contribution in [3.05, 3.63) is 29.8 Å². The van der Waals surface area contributed by atoms with Gasteiger partial charge in [-0.1, -0.05) is 12.1 Å². The van der Waals surface area contributed by atoms with Gasteiger partial charge >= 0.3 is 0 Å². The zero-order valence-electron chi connectivity index (χ0n) is 16.2. The molecule has 0 radical (unpaired) electrons. The molecule has 6 heteroatoms. The minimum atomic E-state index is 0.119. The van der Waals surface area contributed by atoms with E-state index >= 15 is 0 Å². The maximum absolute atomic E-state index is 12.3. The first-order chi connectivity index (χ1) is 12.0. The molecule has 0 unspecified atom stereocenters. The number of hydrogen-bond acceptors (Lipinski definition) is 3. The summed E-state index contributed by atoms with van der Waals surface area (Å²) in [6.07, 6.45) is 0.844. The van der Waals surface area contributed by atoms with Crippen molar-refractivity contribution in [1.29, 1.82) is 0 Å². The van der Waals surface area contributed by atoms with E-state index < -0.39 is 0 Å². The molecule has 0 bridgehead atoms. The Hall–Kier alpha value is -2.24. The van der Waals surface area contributed by atoms with Gasteiger partial charge in [-0.15, -0.1) is 0 Å². The van der Waals surface area contributed by atoms with E-state index in [9.17, 15) is 4.79 Å². The molecule has 140 valence electrons. The Kier molecular flexibility index (Phi) is 9.43. The first-order valence-electron chi connectivity index (χ1n) is 8.95. The molecule has 0 heterocycles. The number of nitrogens with zero attached hydrogens (tertiary/aromatic N) is 3. The van der Waals surface area contributed by atoms with Gasteiger partial charge in [0.1, 0.15) is 5.75 Å². The number of ether oxygens (including phenoxy) is 1. The Labute approximate surface area is 151 Å². The molecular formula is C19H32N4O2. The van der Waals surface area contributed by atoms with Crippen LogP contribution in [-0.4, -0.2) is 68.5 Å². The molecule has 0 atom stereocenters. The molecule has 1 N–H and O–H groups in total. The number of rotatable bonds is 9. The lowest BCUT2D eigenvalue weighted by molar-refractivity contribution is -0.131. The maximum atomic E-state index is 12.3. The summed E-state index contributed by atoms with van der Waals surface area (Å²) >= 11 is 0. The van der Waals surface area contributed by atoms with Gasteiger partial charge in [0.15, 0.2) is 5.96 Å².